The van der Waals surface area contributed by atoms with Gasteiger partial charge in [-0.1, -0.05) is 41.6 Å². The van der Waals surface area contributed by atoms with Gasteiger partial charge in [0.05, 0.1) is 29.2 Å². The fraction of sp³-hybridized carbons (Fsp3) is 0.290. The fourth-order valence-electron chi connectivity index (χ4n) is 5.78. The molecule has 0 amide bonds. The van der Waals surface area contributed by atoms with Crippen LogP contribution in [0.15, 0.2) is 87.3 Å². The number of hydrogen-bond acceptors (Lipinski definition) is 9. The molecule has 1 aliphatic heterocycles. The molecular weight excluding hydrogens is 580 g/mol. The number of aromatic nitrogens is 4. The molecule has 0 spiro atoms. The molecule has 0 aliphatic carbocycles. The maximum absolute atomic E-state index is 13.1. The zero-order valence-electron chi connectivity index (χ0n) is 24.4. The standard InChI is InChI=1S/C31H32N8O4S/c1-37(2)44(41,42)27-6-4-3-5-25(27)34-29-28-26(11-17-33-30(28)40)39(35-29)31(13-16-32)14-18-38(19-15-31)21-22-7-9-23(10-8-22)24-12-20-43-36-24/h3-12,17,20H,13-15,18-19,21H2,1-2H3,(H,33,40)(H,34,35). The van der Waals surface area contributed by atoms with E-state index in [-0.39, 0.29) is 22.7 Å². The van der Waals surface area contributed by atoms with Crippen LogP contribution in [-0.2, 0) is 22.1 Å². The number of fused-ring (bicyclic) bond motifs is 1. The first kappa shape index (κ1) is 29.3. The molecule has 2 N–H and O–H groups in total. The molecule has 12 nitrogen and oxygen atoms in total. The van der Waals surface area contributed by atoms with Crippen molar-refractivity contribution in [2.24, 2.45) is 0 Å². The number of nitriles is 1. The second kappa shape index (κ2) is 11.7. The number of nitrogens with zero attached hydrogens (tertiary/aromatic N) is 6. The van der Waals surface area contributed by atoms with Crippen LogP contribution in [0.3, 0.4) is 0 Å². The second-order valence-corrected chi connectivity index (χ2v) is 13.3. The third kappa shape index (κ3) is 5.39. The molecule has 1 fully saturated rings. The maximum atomic E-state index is 13.1. The smallest absolute Gasteiger partial charge is 0.261 e. The molecule has 3 aromatic heterocycles. The SMILES string of the molecule is CN(C)S(=O)(=O)c1ccccc1Nc1nn(C2(CC#N)CCN(Cc3ccc(-c4ccon4)cc3)CC2)c2cc[nH]c(=O)c12. The molecule has 0 bridgehead atoms. The van der Waals surface area contributed by atoms with Crippen LogP contribution in [0.25, 0.3) is 22.2 Å². The van der Waals surface area contributed by atoms with E-state index in [1.165, 1.54) is 25.7 Å². The highest BCUT2D eigenvalue weighted by Crippen LogP contribution is 2.38. The average molecular weight is 613 g/mol. The first-order valence-electron chi connectivity index (χ1n) is 14.2. The van der Waals surface area contributed by atoms with Gasteiger partial charge in [0.1, 0.15) is 22.2 Å². The number of nitrogens with one attached hydrogen (secondary N) is 2. The van der Waals surface area contributed by atoms with Crippen LogP contribution in [0.2, 0.25) is 0 Å². The molecule has 0 radical (unpaired) electrons. The molecular formula is C31H32N8O4S. The summed E-state index contributed by atoms with van der Waals surface area (Å²) >= 11 is 0. The predicted molar refractivity (Wildman–Crippen MR) is 166 cm³/mol. The summed E-state index contributed by atoms with van der Waals surface area (Å²) in [6.45, 7) is 2.21. The lowest BCUT2D eigenvalue weighted by atomic mass is 9.84. The molecule has 44 heavy (non-hydrogen) atoms. The van der Waals surface area contributed by atoms with Crippen LogP contribution in [0.1, 0.15) is 24.8 Å². The number of pyridine rings is 1. The Hall–Kier alpha value is -4.77. The first-order valence-corrected chi connectivity index (χ1v) is 15.6. The summed E-state index contributed by atoms with van der Waals surface area (Å²) in [6, 6.07) is 20.7. The van der Waals surface area contributed by atoms with Crippen LogP contribution in [0.4, 0.5) is 11.5 Å². The normalized spacial score (nSPS) is 15.4. The van der Waals surface area contributed by atoms with Crippen molar-refractivity contribution in [3.63, 3.8) is 0 Å². The van der Waals surface area contributed by atoms with Gasteiger partial charge in [-0.2, -0.15) is 10.4 Å². The molecule has 0 unspecified atom stereocenters. The van der Waals surface area contributed by atoms with Gasteiger partial charge >= 0.3 is 0 Å². The molecule has 13 heteroatoms. The van der Waals surface area contributed by atoms with Crippen molar-refractivity contribution < 1.29 is 12.9 Å². The van der Waals surface area contributed by atoms with Gasteiger partial charge in [-0.05, 0) is 36.6 Å². The fourth-order valence-corrected chi connectivity index (χ4v) is 6.82. The number of benzene rings is 2. The van der Waals surface area contributed by atoms with Crippen molar-refractivity contribution in [1.82, 2.24) is 29.1 Å². The Morgan fingerprint density at radius 1 is 1.09 bits per heavy atom. The van der Waals surface area contributed by atoms with E-state index in [0.717, 1.165) is 35.2 Å². The number of sulfonamides is 1. The van der Waals surface area contributed by atoms with Crippen LogP contribution in [0.5, 0.6) is 0 Å². The van der Waals surface area contributed by atoms with E-state index in [1.54, 1.807) is 41.4 Å². The Bertz CT molecular complexity index is 1980. The number of likely N-dealkylation sites (tertiary alicyclic amines) is 1. The molecule has 6 rings (SSSR count). The van der Waals surface area contributed by atoms with Gasteiger partial charge in [-0.15, -0.1) is 0 Å². The monoisotopic (exact) mass is 612 g/mol. The summed E-state index contributed by atoms with van der Waals surface area (Å²) in [5.41, 5.74) is 2.81. The average Bonchev–Trinajstić information content (AvgIpc) is 3.69. The minimum atomic E-state index is -3.78. The zero-order valence-corrected chi connectivity index (χ0v) is 25.2. The van der Waals surface area contributed by atoms with Gasteiger partial charge in [0, 0.05) is 51.6 Å². The lowest BCUT2D eigenvalue weighted by Gasteiger charge is -2.41. The zero-order chi connectivity index (χ0) is 30.9. The van der Waals surface area contributed by atoms with Crippen molar-refractivity contribution in [2.75, 3.05) is 32.5 Å². The summed E-state index contributed by atoms with van der Waals surface area (Å²) in [5, 5.41) is 22.2. The summed E-state index contributed by atoms with van der Waals surface area (Å²) in [6.07, 6.45) is 4.62. The maximum Gasteiger partial charge on any atom is 0.261 e. The van der Waals surface area contributed by atoms with E-state index >= 15 is 0 Å². The van der Waals surface area contributed by atoms with E-state index in [1.807, 2.05) is 18.2 Å². The molecule has 1 saturated heterocycles. The number of anilines is 2. The molecule has 0 saturated carbocycles. The Labute approximate surface area is 254 Å². The van der Waals surface area contributed by atoms with Gasteiger partial charge in [0.2, 0.25) is 10.0 Å². The highest BCUT2D eigenvalue weighted by atomic mass is 32.2. The highest BCUT2D eigenvalue weighted by Gasteiger charge is 2.39. The van der Waals surface area contributed by atoms with E-state index in [9.17, 15) is 18.5 Å². The van der Waals surface area contributed by atoms with Gasteiger partial charge < -0.3 is 14.8 Å². The van der Waals surface area contributed by atoms with Gasteiger partial charge in [0.15, 0.2) is 5.82 Å². The second-order valence-electron chi connectivity index (χ2n) is 11.2. The quantitative estimate of drug-likeness (QED) is 0.248. The van der Waals surface area contributed by atoms with Crippen LogP contribution in [-0.4, -0.2) is 64.7 Å². The molecule has 0 atom stereocenters. The molecule has 226 valence electrons. The van der Waals surface area contributed by atoms with Crippen LogP contribution < -0.4 is 10.9 Å². The van der Waals surface area contributed by atoms with Crippen molar-refractivity contribution in [3.05, 3.63) is 89.0 Å². The Morgan fingerprint density at radius 3 is 2.52 bits per heavy atom. The molecule has 5 aromatic rings. The lowest BCUT2D eigenvalue weighted by Crippen LogP contribution is -2.46. The highest BCUT2D eigenvalue weighted by molar-refractivity contribution is 7.89. The summed E-state index contributed by atoms with van der Waals surface area (Å²) in [7, 11) is -0.847. The topological polar surface area (TPSA) is 153 Å². The van der Waals surface area contributed by atoms with E-state index in [2.05, 4.69) is 38.6 Å². The summed E-state index contributed by atoms with van der Waals surface area (Å²) in [4.78, 5) is 18.3. The van der Waals surface area contributed by atoms with Crippen LogP contribution >= 0.6 is 0 Å². The largest absolute Gasteiger partial charge is 0.364 e. The third-order valence-electron chi connectivity index (χ3n) is 8.24. The van der Waals surface area contributed by atoms with Gasteiger partial charge in [-0.3, -0.25) is 14.4 Å². The molecule has 4 heterocycles. The van der Waals surface area contributed by atoms with E-state index < -0.39 is 15.6 Å². The molecule has 1 aliphatic rings. The van der Waals surface area contributed by atoms with Gasteiger partial charge in [-0.25, -0.2) is 12.7 Å². The number of rotatable bonds is 9. The minimum Gasteiger partial charge on any atom is -0.364 e. The van der Waals surface area contributed by atoms with Gasteiger partial charge in [0.25, 0.3) is 5.56 Å². The Balaban J connectivity index is 1.29. The minimum absolute atomic E-state index is 0.0640. The predicted octanol–water partition coefficient (Wildman–Crippen LogP) is 4.28. The summed E-state index contributed by atoms with van der Waals surface area (Å²) < 4.78 is 34.0. The molecule has 2 aromatic carbocycles. The third-order valence-corrected chi connectivity index (χ3v) is 10.1. The van der Waals surface area contributed by atoms with Crippen molar-refractivity contribution in [2.45, 2.75) is 36.2 Å². The van der Waals surface area contributed by atoms with E-state index in [4.69, 9.17) is 9.62 Å². The first-order chi connectivity index (χ1) is 21.2. The number of piperidine rings is 1. The number of aromatic amines is 1. The van der Waals surface area contributed by atoms with Crippen molar-refractivity contribution in [3.8, 4) is 17.3 Å². The van der Waals surface area contributed by atoms with Crippen molar-refractivity contribution in [1.29, 1.82) is 5.26 Å². The van der Waals surface area contributed by atoms with Crippen LogP contribution in [0, 0.1) is 11.3 Å². The lowest BCUT2D eigenvalue weighted by molar-refractivity contribution is 0.101. The van der Waals surface area contributed by atoms with Crippen molar-refractivity contribution >= 4 is 32.4 Å². The number of hydrogen-bond donors (Lipinski definition) is 2. The summed E-state index contributed by atoms with van der Waals surface area (Å²) in [5.74, 6) is 0.232. The Kier molecular flexibility index (Phi) is 7.81. The van der Waals surface area contributed by atoms with E-state index in [0.29, 0.717) is 29.4 Å². The Morgan fingerprint density at radius 2 is 1.84 bits per heavy atom. The number of para-hydroxylation sites is 1. The number of H-pyrrole nitrogens is 1.